The second-order valence-electron chi connectivity index (χ2n) is 8.02. The lowest BCUT2D eigenvalue weighted by Crippen LogP contribution is -2.52. The van der Waals surface area contributed by atoms with Gasteiger partial charge in [-0.2, -0.15) is 24.9 Å². The fraction of sp³-hybridized carbons (Fsp3) is 0.375. The molecule has 0 aromatic heterocycles. The Morgan fingerprint density at radius 3 is 2.09 bits per heavy atom. The van der Waals surface area contributed by atoms with Gasteiger partial charge >= 0.3 is 18.2 Å². The number of benzene rings is 2. The monoisotopic (exact) mass is 510 g/mol. The molecule has 188 valence electrons. The summed E-state index contributed by atoms with van der Waals surface area (Å²) in [4.78, 5) is 36.3. The molecule has 7 nitrogen and oxygen atoms in total. The molecule has 0 saturated heterocycles. The van der Waals surface area contributed by atoms with Crippen LogP contribution in [0.5, 0.6) is 0 Å². The van der Waals surface area contributed by atoms with Gasteiger partial charge in [0.25, 0.3) is 0 Å². The number of carboxylic acids is 1. The lowest BCUT2D eigenvalue weighted by Gasteiger charge is -2.22. The van der Waals surface area contributed by atoms with Crippen LogP contribution < -0.4 is 10.6 Å². The fourth-order valence-electron chi connectivity index (χ4n) is 3.99. The van der Waals surface area contributed by atoms with Gasteiger partial charge in [-0.25, -0.2) is 9.59 Å². The van der Waals surface area contributed by atoms with Crippen LogP contribution in [0.1, 0.15) is 29.9 Å². The summed E-state index contributed by atoms with van der Waals surface area (Å²) in [6, 6.07) is 12.1. The maximum Gasteiger partial charge on any atom is 0.407 e. The number of carbonyl (C=O) groups excluding carboxylic acids is 2. The number of rotatable bonds is 10. The average Bonchev–Trinajstić information content (AvgIpc) is 3.12. The van der Waals surface area contributed by atoms with Crippen molar-refractivity contribution in [2.75, 3.05) is 18.6 Å². The molecule has 1 aliphatic rings. The molecule has 0 heterocycles. The van der Waals surface area contributed by atoms with E-state index in [-0.39, 0.29) is 18.9 Å². The minimum atomic E-state index is -4.79. The minimum absolute atomic E-state index is 0.0114. The summed E-state index contributed by atoms with van der Waals surface area (Å²) < 4.78 is 43.4. The third kappa shape index (κ3) is 6.91. The van der Waals surface area contributed by atoms with Crippen molar-refractivity contribution < 1.29 is 37.4 Å². The smallest absolute Gasteiger partial charge is 0.407 e. The van der Waals surface area contributed by atoms with E-state index in [0.717, 1.165) is 22.3 Å². The molecule has 0 spiro atoms. The average molecular weight is 511 g/mol. The molecule has 2 unspecified atom stereocenters. The summed E-state index contributed by atoms with van der Waals surface area (Å²) in [5, 5.41) is 13.3. The Bertz CT molecular complexity index is 1030. The topological polar surface area (TPSA) is 105 Å². The first kappa shape index (κ1) is 26.4. The van der Waals surface area contributed by atoms with Gasteiger partial charge in [0, 0.05) is 5.92 Å². The highest BCUT2D eigenvalue weighted by atomic mass is 32.2. The van der Waals surface area contributed by atoms with Gasteiger partial charge in [-0.15, -0.1) is 0 Å². The molecule has 2 atom stereocenters. The summed E-state index contributed by atoms with van der Waals surface area (Å²) in [6.07, 6.45) is -5.60. The van der Waals surface area contributed by atoms with E-state index in [0.29, 0.717) is 5.75 Å². The number of alkyl carbamates (subject to hydrolysis) is 1. The molecule has 2 aromatic rings. The molecule has 1 aliphatic carbocycles. The fourth-order valence-corrected chi connectivity index (χ4v) is 4.46. The maximum absolute atomic E-state index is 12.7. The Hall–Kier alpha value is -3.21. The molecule has 11 heteroatoms. The Morgan fingerprint density at radius 2 is 1.57 bits per heavy atom. The van der Waals surface area contributed by atoms with Crippen molar-refractivity contribution in [3.8, 4) is 11.1 Å². The zero-order chi connectivity index (χ0) is 25.6. The van der Waals surface area contributed by atoms with Crippen LogP contribution in [-0.4, -0.2) is 60.0 Å². The zero-order valence-corrected chi connectivity index (χ0v) is 19.6. The highest BCUT2D eigenvalue weighted by molar-refractivity contribution is 7.98. The molecule has 0 aliphatic heterocycles. The van der Waals surface area contributed by atoms with Crippen molar-refractivity contribution in [3.63, 3.8) is 0 Å². The number of thioether (sulfide) groups is 1. The van der Waals surface area contributed by atoms with E-state index < -0.39 is 42.7 Å². The number of carboxylic acid groups (broad SMARTS) is 1. The summed E-state index contributed by atoms with van der Waals surface area (Å²) in [5.74, 6) is -2.65. The molecule has 3 N–H and O–H groups in total. The predicted octanol–water partition coefficient (Wildman–Crippen LogP) is 4.17. The Labute approximate surface area is 204 Å². The maximum atomic E-state index is 12.7. The van der Waals surface area contributed by atoms with E-state index in [1.807, 2.05) is 53.8 Å². The Morgan fingerprint density at radius 1 is 1.00 bits per heavy atom. The second-order valence-corrected chi connectivity index (χ2v) is 9.01. The van der Waals surface area contributed by atoms with Gasteiger partial charge in [0.1, 0.15) is 18.7 Å². The van der Waals surface area contributed by atoms with Crippen molar-refractivity contribution in [1.82, 2.24) is 10.6 Å². The highest BCUT2D eigenvalue weighted by Gasteiger charge is 2.37. The Kier molecular flexibility index (Phi) is 8.66. The number of hydrogen-bond donors (Lipinski definition) is 3. The molecule has 2 amide bonds. The van der Waals surface area contributed by atoms with Gasteiger partial charge in [0.2, 0.25) is 5.91 Å². The number of fused-ring (bicyclic) bond motifs is 3. The van der Waals surface area contributed by atoms with E-state index in [2.05, 4.69) is 5.32 Å². The van der Waals surface area contributed by atoms with E-state index in [9.17, 15) is 27.6 Å². The first-order valence-corrected chi connectivity index (χ1v) is 12.2. The quantitative estimate of drug-likeness (QED) is 0.443. The van der Waals surface area contributed by atoms with Gasteiger partial charge in [0.15, 0.2) is 0 Å². The van der Waals surface area contributed by atoms with Crippen LogP contribution >= 0.6 is 11.8 Å². The molecule has 35 heavy (non-hydrogen) atoms. The summed E-state index contributed by atoms with van der Waals surface area (Å²) >= 11 is 1.36. The van der Waals surface area contributed by atoms with Crippen LogP contribution in [0.2, 0.25) is 0 Å². The van der Waals surface area contributed by atoms with Crippen molar-refractivity contribution in [2.24, 2.45) is 0 Å². The number of hydrogen-bond acceptors (Lipinski definition) is 5. The summed E-state index contributed by atoms with van der Waals surface area (Å²) in [5.41, 5.74) is 4.07. The second kappa shape index (κ2) is 11.5. The molecule has 0 saturated carbocycles. The first-order chi connectivity index (χ1) is 16.6. The molecule has 0 bridgehead atoms. The largest absolute Gasteiger partial charge is 0.480 e. The third-order valence-corrected chi connectivity index (χ3v) is 6.26. The lowest BCUT2D eigenvalue weighted by atomic mass is 9.98. The molecular formula is C24H25F3N2O5S. The number of nitrogens with one attached hydrogen (secondary N) is 2. The number of carbonyl (C=O) groups is 3. The number of amides is 2. The SMILES string of the molecule is CSCCC(NC(=O)OCC1c2ccccc2-c2ccccc21)C(=O)NC(CC(F)(F)F)C(=O)O. The van der Waals surface area contributed by atoms with Crippen molar-refractivity contribution in [1.29, 1.82) is 0 Å². The zero-order valence-electron chi connectivity index (χ0n) is 18.8. The molecule has 0 fully saturated rings. The number of aliphatic carboxylic acids is 1. The lowest BCUT2D eigenvalue weighted by molar-refractivity contribution is -0.160. The van der Waals surface area contributed by atoms with E-state index in [1.165, 1.54) is 11.8 Å². The van der Waals surface area contributed by atoms with Crippen molar-refractivity contribution in [2.45, 2.75) is 37.0 Å². The number of halogens is 3. The van der Waals surface area contributed by atoms with Crippen LogP contribution in [0.3, 0.4) is 0 Å². The Balaban J connectivity index is 1.66. The van der Waals surface area contributed by atoms with Crippen LogP contribution in [0.15, 0.2) is 48.5 Å². The molecule has 2 aromatic carbocycles. The van der Waals surface area contributed by atoms with Gasteiger partial charge in [-0.05, 0) is 40.7 Å². The number of ether oxygens (including phenoxy) is 1. The predicted molar refractivity (Wildman–Crippen MR) is 125 cm³/mol. The summed E-state index contributed by atoms with van der Waals surface area (Å²) in [6.45, 7) is -0.0114. The van der Waals surface area contributed by atoms with Crippen LogP contribution in [0.25, 0.3) is 11.1 Å². The van der Waals surface area contributed by atoms with Crippen molar-refractivity contribution >= 4 is 29.7 Å². The molecular weight excluding hydrogens is 485 g/mol. The van der Waals surface area contributed by atoms with Crippen LogP contribution in [-0.2, 0) is 14.3 Å². The third-order valence-electron chi connectivity index (χ3n) is 5.61. The van der Waals surface area contributed by atoms with Crippen LogP contribution in [0.4, 0.5) is 18.0 Å². The standard InChI is InChI=1S/C24H25F3N2O5S/c1-35-11-10-19(21(30)28-20(22(31)32)12-24(25,26)27)29-23(33)34-13-18-16-8-4-2-6-14(16)15-7-3-5-9-17(15)18/h2-9,18-20H,10-13H2,1H3,(H,28,30)(H,29,33)(H,31,32). The van der Waals surface area contributed by atoms with E-state index >= 15 is 0 Å². The van der Waals surface area contributed by atoms with Crippen LogP contribution in [0, 0.1) is 0 Å². The normalized spacial score (nSPS) is 14.4. The van der Waals surface area contributed by atoms with Gasteiger partial charge in [-0.3, -0.25) is 4.79 Å². The van der Waals surface area contributed by atoms with Gasteiger partial charge in [-0.1, -0.05) is 48.5 Å². The van der Waals surface area contributed by atoms with Gasteiger partial charge in [0.05, 0.1) is 6.42 Å². The van der Waals surface area contributed by atoms with E-state index in [1.54, 1.807) is 6.26 Å². The molecule has 0 radical (unpaired) electrons. The molecule has 3 rings (SSSR count). The van der Waals surface area contributed by atoms with Crippen molar-refractivity contribution in [3.05, 3.63) is 59.7 Å². The highest BCUT2D eigenvalue weighted by Crippen LogP contribution is 2.44. The van der Waals surface area contributed by atoms with Gasteiger partial charge < -0.3 is 20.5 Å². The first-order valence-electron chi connectivity index (χ1n) is 10.8. The summed E-state index contributed by atoms with van der Waals surface area (Å²) in [7, 11) is 0. The number of alkyl halides is 3. The minimum Gasteiger partial charge on any atom is -0.480 e. The van der Waals surface area contributed by atoms with E-state index in [4.69, 9.17) is 9.84 Å².